The summed E-state index contributed by atoms with van der Waals surface area (Å²) in [7, 11) is 0. The number of nitrogens with one attached hydrogen (secondary N) is 2. The van der Waals surface area contributed by atoms with Gasteiger partial charge in [0.25, 0.3) is 5.56 Å². The summed E-state index contributed by atoms with van der Waals surface area (Å²) >= 11 is 0. The zero-order valence-corrected chi connectivity index (χ0v) is 17.4. The third-order valence-electron chi connectivity index (χ3n) is 5.79. The lowest BCUT2D eigenvalue weighted by molar-refractivity contribution is -0.119. The highest BCUT2D eigenvalue weighted by molar-refractivity contribution is 6.07. The molecule has 1 aliphatic rings. The van der Waals surface area contributed by atoms with Gasteiger partial charge in [0, 0.05) is 0 Å². The van der Waals surface area contributed by atoms with E-state index in [9.17, 15) is 9.59 Å². The van der Waals surface area contributed by atoms with Gasteiger partial charge in [0.05, 0.1) is 17.5 Å². The first kappa shape index (κ1) is 19.1. The molecule has 0 radical (unpaired) electrons. The Morgan fingerprint density at radius 2 is 1.90 bits per heavy atom. The minimum Gasteiger partial charge on any atom is -0.309 e. The predicted octanol–water partition coefficient (Wildman–Crippen LogP) is 2.39. The van der Waals surface area contributed by atoms with E-state index in [1.807, 2.05) is 31.2 Å². The van der Waals surface area contributed by atoms with Crippen molar-refractivity contribution in [1.82, 2.24) is 29.5 Å². The monoisotopic (exact) mass is 415 g/mol. The molecule has 1 aliphatic heterocycles. The Morgan fingerprint density at radius 1 is 1.13 bits per heavy atom. The fourth-order valence-corrected chi connectivity index (χ4v) is 4.07. The van der Waals surface area contributed by atoms with Crippen molar-refractivity contribution in [2.24, 2.45) is 0 Å². The third kappa shape index (κ3) is 2.84. The second-order valence-corrected chi connectivity index (χ2v) is 7.93. The number of amides is 1. The third-order valence-corrected chi connectivity index (χ3v) is 5.79. The van der Waals surface area contributed by atoms with Gasteiger partial charge < -0.3 is 10.3 Å². The summed E-state index contributed by atoms with van der Waals surface area (Å²) in [5, 5.41) is 6.99. The van der Waals surface area contributed by atoms with E-state index in [1.165, 1.54) is 6.33 Å². The first-order valence-electron chi connectivity index (χ1n) is 10.1. The molecule has 1 amide bonds. The zero-order valence-electron chi connectivity index (χ0n) is 17.4. The van der Waals surface area contributed by atoms with Gasteiger partial charge >= 0.3 is 0 Å². The molecule has 1 aromatic carbocycles. The standard InChI is InChI=1S/C22H21N7O2/c1-4-5-14-19-23-11-24-29(19)10-15(25-14)17-26-18-16(20(30)27-17)22(3,21(31)28-18)13-8-6-12(2)7-9-13/h6-11H,4-5H2,1-3H3,(H2,26,27,28,30,31)/t22-/m0/s1. The quantitative estimate of drug-likeness (QED) is 0.528. The van der Waals surface area contributed by atoms with Gasteiger partial charge in [-0.05, 0) is 25.8 Å². The number of carbonyl (C=O) groups excluding carboxylic acids is 1. The van der Waals surface area contributed by atoms with Gasteiger partial charge in [-0.3, -0.25) is 9.59 Å². The van der Waals surface area contributed by atoms with Gasteiger partial charge in [-0.1, -0.05) is 43.2 Å². The normalized spacial score (nSPS) is 17.7. The van der Waals surface area contributed by atoms with Crippen LogP contribution in [0.1, 0.15) is 42.7 Å². The Kier molecular flexibility index (Phi) is 4.21. The molecule has 0 saturated carbocycles. The van der Waals surface area contributed by atoms with Crippen LogP contribution in [0.4, 0.5) is 5.82 Å². The molecular weight excluding hydrogens is 394 g/mol. The van der Waals surface area contributed by atoms with E-state index in [0.29, 0.717) is 23.3 Å². The Hall–Kier alpha value is -3.88. The van der Waals surface area contributed by atoms with Gasteiger partial charge in [-0.25, -0.2) is 19.5 Å². The first-order valence-corrected chi connectivity index (χ1v) is 10.1. The smallest absolute Gasteiger partial charge is 0.257 e. The first-order chi connectivity index (χ1) is 14.9. The van der Waals surface area contributed by atoms with Crippen LogP contribution < -0.4 is 10.9 Å². The number of fused-ring (bicyclic) bond motifs is 2. The van der Waals surface area contributed by atoms with E-state index >= 15 is 0 Å². The summed E-state index contributed by atoms with van der Waals surface area (Å²) in [6.07, 6.45) is 4.74. The number of hydrogen-bond donors (Lipinski definition) is 2. The maximum absolute atomic E-state index is 13.2. The van der Waals surface area contributed by atoms with Gasteiger partial charge in [-0.15, -0.1) is 0 Å². The van der Waals surface area contributed by atoms with E-state index in [4.69, 9.17) is 0 Å². The molecule has 0 saturated heterocycles. The van der Waals surface area contributed by atoms with E-state index in [1.54, 1.807) is 17.6 Å². The lowest BCUT2D eigenvalue weighted by atomic mass is 9.78. The van der Waals surface area contributed by atoms with Gasteiger partial charge in [-0.2, -0.15) is 5.10 Å². The van der Waals surface area contributed by atoms with Gasteiger partial charge in [0.15, 0.2) is 11.5 Å². The van der Waals surface area contributed by atoms with E-state index < -0.39 is 5.41 Å². The van der Waals surface area contributed by atoms with Crippen LogP contribution in [-0.2, 0) is 16.6 Å². The highest BCUT2D eigenvalue weighted by Crippen LogP contribution is 2.40. The van der Waals surface area contributed by atoms with Crippen molar-refractivity contribution in [2.75, 3.05) is 5.32 Å². The topological polar surface area (TPSA) is 118 Å². The number of nitrogens with zero attached hydrogens (tertiary/aromatic N) is 5. The summed E-state index contributed by atoms with van der Waals surface area (Å²) in [5.74, 6) is 0.240. The predicted molar refractivity (Wildman–Crippen MR) is 115 cm³/mol. The number of aromatic nitrogens is 6. The molecule has 3 aromatic heterocycles. The zero-order chi connectivity index (χ0) is 21.8. The van der Waals surface area contributed by atoms with Crippen LogP contribution in [0.5, 0.6) is 0 Å². The summed E-state index contributed by atoms with van der Waals surface area (Å²) in [6, 6.07) is 7.59. The largest absolute Gasteiger partial charge is 0.309 e. The molecule has 4 aromatic rings. The number of H-pyrrole nitrogens is 1. The second kappa shape index (κ2) is 6.83. The summed E-state index contributed by atoms with van der Waals surface area (Å²) in [6.45, 7) is 5.77. The number of aryl methyl sites for hydroxylation is 2. The van der Waals surface area contributed by atoms with Crippen LogP contribution in [0.3, 0.4) is 0 Å². The van der Waals surface area contributed by atoms with E-state index in [2.05, 4.69) is 37.3 Å². The highest BCUT2D eigenvalue weighted by Gasteiger charge is 2.47. The van der Waals surface area contributed by atoms with Crippen LogP contribution >= 0.6 is 0 Å². The number of benzene rings is 1. The highest BCUT2D eigenvalue weighted by atomic mass is 16.2. The molecule has 9 heteroatoms. The number of aromatic amines is 1. The van der Waals surface area contributed by atoms with Crippen molar-refractivity contribution in [3.63, 3.8) is 0 Å². The molecule has 2 N–H and O–H groups in total. The molecule has 0 bridgehead atoms. The van der Waals surface area contributed by atoms with Crippen molar-refractivity contribution in [1.29, 1.82) is 0 Å². The molecule has 0 fully saturated rings. The maximum atomic E-state index is 13.2. The molecule has 0 spiro atoms. The summed E-state index contributed by atoms with van der Waals surface area (Å²) in [5.41, 5.74) is 2.52. The van der Waals surface area contributed by atoms with E-state index in [0.717, 1.165) is 23.2 Å². The molecule has 31 heavy (non-hydrogen) atoms. The Labute approximate surface area is 177 Å². The number of rotatable bonds is 4. The number of anilines is 1. The van der Waals surface area contributed by atoms with Crippen molar-refractivity contribution in [2.45, 2.75) is 39.0 Å². The summed E-state index contributed by atoms with van der Waals surface area (Å²) in [4.78, 5) is 42.4. The molecule has 156 valence electrons. The lowest BCUT2D eigenvalue weighted by Crippen LogP contribution is -2.36. The fraction of sp³-hybridized carbons (Fsp3) is 0.273. The second-order valence-electron chi connectivity index (χ2n) is 7.93. The number of hydrogen-bond acceptors (Lipinski definition) is 6. The minimum absolute atomic E-state index is 0.254. The average molecular weight is 415 g/mol. The minimum atomic E-state index is -1.13. The van der Waals surface area contributed by atoms with Crippen LogP contribution in [-0.4, -0.2) is 35.5 Å². The Bertz CT molecular complexity index is 1390. The Balaban J connectivity index is 1.67. The lowest BCUT2D eigenvalue weighted by Gasteiger charge is -2.21. The molecule has 1 atom stereocenters. The van der Waals surface area contributed by atoms with Crippen LogP contribution in [0.15, 0.2) is 41.6 Å². The molecule has 0 aliphatic carbocycles. The van der Waals surface area contributed by atoms with Crippen LogP contribution in [0, 0.1) is 6.92 Å². The maximum Gasteiger partial charge on any atom is 0.257 e. The van der Waals surface area contributed by atoms with Gasteiger partial charge in [0.1, 0.15) is 23.3 Å². The molecule has 5 rings (SSSR count). The summed E-state index contributed by atoms with van der Waals surface area (Å²) < 4.78 is 1.62. The molecule has 9 nitrogen and oxygen atoms in total. The fourth-order valence-electron chi connectivity index (χ4n) is 4.07. The Morgan fingerprint density at radius 3 is 2.65 bits per heavy atom. The average Bonchev–Trinajstić information content (AvgIpc) is 3.32. The molecule has 4 heterocycles. The van der Waals surface area contributed by atoms with E-state index in [-0.39, 0.29) is 23.1 Å². The van der Waals surface area contributed by atoms with Crippen LogP contribution in [0.2, 0.25) is 0 Å². The van der Waals surface area contributed by atoms with Crippen molar-refractivity contribution in [3.05, 3.63) is 69.5 Å². The van der Waals surface area contributed by atoms with Crippen molar-refractivity contribution in [3.8, 4) is 11.5 Å². The number of carbonyl (C=O) groups is 1. The SMILES string of the molecule is CCCc1nc(-c2nc3c(c(=O)[nH]2)[C@](C)(c2ccc(C)cc2)C(=O)N3)cn2ncnc12. The molecular formula is C22H21N7O2. The van der Waals surface area contributed by atoms with Crippen molar-refractivity contribution >= 4 is 17.4 Å². The molecule has 0 unspecified atom stereocenters. The van der Waals surface area contributed by atoms with Gasteiger partial charge in [0.2, 0.25) is 5.91 Å². The van der Waals surface area contributed by atoms with Crippen LogP contribution in [0.25, 0.3) is 17.2 Å². The van der Waals surface area contributed by atoms with Crippen molar-refractivity contribution < 1.29 is 4.79 Å².